The van der Waals surface area contributed by atoms with E-state index in [1.54, 1.807) is 25.1 Å². The third kappa shape index (κ3) is 4.87. The number of imidazole rings is 1. The summed E-state index contributed by atoms with van der Waals surface area (Å²) in [6.45, 7) is 0.876. The lowest BCUT2D eigenvalue weighted by Gasteiger charge is -2.20. The van der Waals surface area contributed by atoms with Gasteiger partial charge in [0.05, 0.1) is 18.5 Å². The van der Waals surface area contributed by atoms with Gasteiger partial charge in [0.2, 0.25) is 0 Å². The summed E-state index contributed by atoms with van der Waals surface area (Å²) < 4.78 is 0. The number of amides is 1. The average Bonchev–Trinajstić information content (AvgIpc) is 3.14. The van der Waals surface area contributed by atoms with Gasteiger partial charge in [-0.2, -0.15) is 5.10 Å². The van der Waals surface area contributed by atoms with Gasteiger partial charge in [-0.05, 0) is 25.1 Å². The first-order chi connectivity index (χ1) is 12.3. The molecule has 0 bridgehead atoms. The normalized spacial score (nSPS) is 15.4. The van der Waals surface area contributed by atoms with E-state index in [4.69, 9.17) is 16.7 Å². The number of hydrogen-bond acceptors (Lipinski definition) is 7. The van der Waals surface area contributed by atoms with Crippen LogP contribution in [0.15, 0.2) is 35.6 Å². The third-order valence-corrected chi connectivity index (χ3v) is 3.81. The highest BCUT2D eigenvalue weighted by Gasteiger charge is 2.27. The number of carbonyl (C=O) groups is 1. The minimum absolute atomic E-state index is 0.121. The lowest BCUT2D eigenvalue weighted by Crippen LogP contribution is -2.34. The Morgan fingerprint density at radius 2 is 2.12 bits per heavy atom. The zero-order valence-corrected chi connectivity index (χ0v) is 14.6. The summed E-state index contributed by atoms with van der Waals surface area (Å²) in [6.07, 6.45) is -3.31. The van der Waals surface area contributed by atoms with E-state index >= 15 is 0 Å². The van der Waals surface area contributed by atoms with Gasteiger partial charge in [0.25, 0.3) is 5.91 Å². The number of hydrogen-bond donors (Lipinski definition) is 6. The first-order valence-electron chi connectivity index (χ1n) is 7.64. The van der Waals surface area contributed by atoms with Crippen LogP contribution in [0.5, 0.6) is 0 Å². The van der Waals surface area contributed by atoms with Crippen LogP contribution in [0.4, 0.5) is 0 Å². The van der Waals surface area contributed by atoms with Crippen molar-refractivity contribution in [1.29, 1.82) is 0 Å². The van der Waals surface area contributed by atoms with Gasteiger partial charge in [-0.15, -0.1) is 0 Å². The molecule has 0 fully saturated rings. The van der Waals surface area contributed by atoms with E-state index in [-0.39, 0.29) is 11.5 Å². The highest BCUT2D eigenvalue weighted by Crippen LogP contribution is 2.17. The van der Waals surface area contributed by atoms with Crippen molar-refractivity contribution >= 4 is 23.2 Å². The van der Waals surface area contributed by atoms with Gasteiger partial charge in [-0.3, -0.25) is 4.79 Å². The SMILES string of the molecule is C/C(=N/NC(=O)c1cccc(Cl)c1)c1ncc([C@@H](O)[C@H](O)[C@H](O)CO)[nH]1. The van der Waals surface area contributed by atoms with E-state index < -0.39 is 30.8 Å². The number of nitrogens with zero attached hydrogens (tertiary/aromatic N) is 2. The number of aliphatic hydroxyl groups excluding tert-OH is 4. The van der Waals surface area contributed by atoms with Crippen molar-refractivity contribution in [2.24, 2.45) is 5.10 Å². The van der Waals surface area contributed by atoms with Crippen LogP contribution in [0.1, 0.15) is 34.9 Å². The number of benzene rings is 1. The molecule has 9 nitrogen and oxygen atoms in total. The number of aliphatic hydroxyl groups is 4. The molecule has 0 saturated heterocycles. The second-order valence-electron chi connectivity index (χ2n) is 5.52. The Morgan fingerprint density at radius 3 is 2.77 bits per heavy atom. The van der Waals surface area contributed by atoms with Gasteiger partial charge < -0.3 is 25.4 Å². The van der Waals surface area contributed by atoms with Crippen molar-refractivity contribution < 1.29 is 25.2 Å². The molecule has 0 spiro atoms. The van der Waals surface area contributed by atoms with Gasteiger partial charge in [0.1, 0.15) is 24.0 Å². The number of nitrogens with one attached hydrogen (secondary N) is 2. The summed E-state index contributed by atoms with van der Waals surface area (Å²) >= 11 is 5.83. The van der Waals surface area contributed by atoms with Gasteiger partial charge in [-0.1, -0.05) is 17.7 Å². The second-order valence-corrected chi connectivity index (χ2v) is 5.96. The number of hydrazone groups is 1. The Labute approximate surface area is 154 Å². The number of halogens is 1. The molecule has 1 amide bonds. The summed E-state index contributed by atoms with van der Waals surface area (Å²) in [4.78, 5) is 18.7. The predicted molar refractivity (Wildman–Crippen MR) is 93.8 cm³/mol. The molecule has 1 aromatic heterocycles. The summed E-state index contributed by atoms with van der Waals surface area (Å²) in [6, 6.07) is 6.36. The fraction of sp³-hybridized carbons (Fsp3) is 0.312. The maximum Gasteiger partial charge on any atom is 0.271 e. The van der Waals surface area contributed by atoms with Crippen molar-refractivity contribution in [3.63, 3.8) is 0 Å². The van der Waals surface area contributed by atoms with Crippen LogP contribution in [0.3, 0.4) is 0 Å². The molecule has 3 atom stereocenters. The standard InChI is InChI=1S/C16H19ClN4O5/c1-8(20-21-16(26)9-3-2-4-10(17)5-9)15-18-6-11(19-15)13(24)14(25)12(23)7-22/h2-6,12-14,22-25H,7H2,1H3,(H,18,19)(H,21,26)/b20-8-/t12-,13-,14-/m1/s1. The monoisotopic (exact) mass is 382 g/mol. The van der Waals surface area contributed by atoms with Crippen molar-refractivity contribution in [3.05, 3.63) is 52.6 Å². The third-order valence-electron chi connectivity index (χ3n) is 3.57. The van der Waals surface area contributed by atoms with E-state index in [0.717, 1.165) is 0 Å². The highest BCUT2D eigenvalue weighted by molar-refractivity contribution is 6.30. The molecule has 2 aromatic rings. The van der Waals surface area contributed by atoms with E-state index in [2.05, 4.69) is 20.5 Å². The number of aromatic amines is 1. The van der Waals surface area contributed by atoms with E-state index in [1.807, 2.05) is 0 Å². The first kappa shape index (κ1) is 20.0. The van der Waals surface area contributed by atoms with Crippen molar-refractivity contribution in [1.82, 2.24) is 15.4 Å². The van der Waals surface area contributed by atoms with E-state index in [0.29, 0.717) is 16.3 Å². The molecule has 6 N–H and O–H groups in total. The fourth-order valence-electron chi connectivity index (χ4n) is 2.05. The number of carbonyl (C=O) groups excluding carboxylic acids is 1. The van der Waals surface area contributed by atoms with Crippen LogP contribution in [0.25, 0.3) is 0 Å². The molecule has 0 aliphatic heterocycles. The molecular weight excluding hydrogens is 364 g/mol. The quantitative estimate of drug-likeness (QED) is 0.292. The van der Waals surface area contributed by atoms with Crippen LogP contribution < -0.4 is 5.43 Å². The molecule has 0 aliphatic carbocycles. The van der Waals surface area contributed by atoms with Gasteiger partial charge in [-0.25, -0.2) is 10.4 Å². The summed E-state index contributed by atoms with van der Waals surface area (Å²) in [5, 5.41) is 42.2. The lowest BCUT2D eigenvalue weighted by molar-refractivity contribution is -0.0788. The summed E-state index contributed by atoms with van der Waals surface area (Å²) in [5.41, 5.74) is 3.13. The Hall–Kier alpha value is -2.30. The maximum absolute atomic E-state index is 12.0. The first-order valence-corrected chi connectivity index (χ1v) is 8.01. The topological polar surface area (TPSA) is 151 Å². The summed E-state index contributed by atoms with van der Waals surface area (Å²) in [5.74, 6) is -0.212. The number of rotatable bonds is 7. The fourth-order valence-corrected chi connectivity index (χ4v) is 2.24. The van der Waals surface area contributed by atoms with Crippen LogP contribution in [-0.2, 0) is 0 Å². The van der Waals surface area contributed by atoms with Crippen LogP contribution in [0.2, 0.25) is 5.02 Å². The molecule has 0 radical (unpaired) electrons. The van der Waals surface area contributed by atoms with Crippen molar-refractivity contribution in [2.45, 2.75) is 25.2 Å². The molecule has 0 saturated carbocycles. The second kappa shape index (κ2) is 8.88. The van der Waals surface area contributed by atoms with Crippen molar-refractivity contribution in [2.75, 3.05) is 6.61 Å². The highest BCUT2D eigenvalue weighted by atomic mass is 35.5. The minimum atomic E-state index is -1.59. The smallest absolute Gasteiger partial charge is 0.271 e. The van der Waals surface area contributed by atoms with E-state index in [1.165, 1.54) is 12.3 Å². The molecule has 140 valence electrons. The molecule has 26 heavy (non-hydrogen) atoms. The lowest BCUT2D eigenvalue weighted by atomic mass is 10.1. The van der Waals surface area contributed by atoms with Gasteiger partial charge in [0, 0.05) is 10.6 Å². The zero-order valence-electron chi connectivity index (χ0n) is 13.8. The number of H-pyrrole nitrogens is 1. The van der Waals surface area contributed by atoms with Crippen LogP contribution in [-0.4, -0.2) is 60.8 Å². The largest absolute Gasteiger partial charge is 0.394 e. The van der Waals surface area contributed by atoms with Gasteiger partial charge in [0.15, 0.2) is 5.82 Å². The molecular formula is C16H19ClN4O5. The van der Waals surface area contributed by atoms with Gasteiger partial charge >= 0.3 is 0 Å². The Morgan fingerprint density at radius 1 is 1.38 bits per heavy atom. The Balaban J connectivity index is 2.06. The average molecular weight is 383 g/mol. The number of aromatic nitrogens is 2. The molecule has 2 rings (SSSR count). The Bertz CT molecular complexity index is 794. The molecule has 0 aliphatic rings. The van der Waals surface area contributed by atoms with E-state index in [9.17, 15) is 20.1 Å². The molecule has 10 heteroatoms. The maximum atomic E-state index is 12.0. The predicted octanol–water partition coefficient (Wildman–Crippen LogP) is -0.0354. The molecule has 0 unspecified atom stereocenters. The summed E-state index contributed by atoms with van der Waals surface area (Å²) in [7, 11) is 0. The molecule has 1 aromatic carbocycles. The van der Waals surface area contributed by atoms with Crippen molar-refractivity contribution in [3.8, 4) is 0 Å². The van der Waals surface area contributed by atoms with Crippen LogP contribution in [0, 0.1) is 0 Å². The Kier molecular flexibility index (Phi) is 6.83. The minimum Gasteiger partial charge on any atom is -0.394 e. The zero-order chi connectivity index (χ0) is 19.3. The van der Waals surface area contributed by atoms with Crippen LogP contribution >= 0.6 is 11.6 Å². The molecule has 1 heterocycles.